The van der Waals surface area contributed by atoms with Crippen LogP contribution in [0.2, 0.25) is 5.02 Å². The molecule has 0 aliphatic heterocycles. The fourth-order valence-corrected chi connectivity index (χ4v) is 1.73. The SMILES string of the molecule is COc1ccc(Cl)cc1-c1ccc(C(=O)O)cn1. The van der Waals surface area contributed by atoms with E-state index in [9.17, 15) is 4.79 Å². The zero-order valence-corrected chi connectivity index (χ0v) is 10.3. The number of benzene rings is 1. The van der Waals surface area contributed by atoms with Crippen LogP contribution in [0.25, 0.3) is 11.3 Å². The summed E-state index contributed by atoms with van der Waals surface area (Å²) >= 11 is 5.93. The number of aromatic nitrogens is 1. The van der Waals surface area contributed by atoms with E-state index in [0.29, 0.717) is 16.5 Å². The van der Waals surface area contributed by atoms with Crippen molar-refractivity contribution in [3.8, 4) is 17.0 Å². The van der Waals surface area contributed by atoms with Crippen LogP contribution in [-0.2, 0) is 0 Å². The molecular weight excluding hydrogens is 254 g/mol. The van der Waals surface area contributed by atoms with Gasteiger partial charge in [-0.1, -0.05) is 11.6 Å². The summed E-state index contributed by atoms with van der Waals surface area (Å²) in [6.07, 6.45) is 1.30. The number of carbonyl (C=O) groups is 1. The van der Waals surface area contributed by atoms with E-state index in [-0.39, 0.29) is 5.56 Å². The molecule has 2 aromatic rings. The Morgan fingerprint density at radius 3 is 2.67 bits per heavy atom. The van der Waals surface area contributed by atoms with Crippen molar-refractivity contribution in [3.05, 3.63) is 47.1 Å². The van der Waals surface area contributed by atoms with E-state index in [1.54, 1.807) is 31.4 Å². The predicted molar refractivity (Wildman–Crippen MR) is 68.2 cm³/mol. The summed E-state index contributed by atoms with van der Waals surface area (Å²) in [6.45, 7) is 0. The highest BCUT2D eigenvalue weighted by Crippen LogP contribution is 2.31. The van der Waals surface area contributed by atoms with Crippen LogP contribution in [0.15, 0.2) is 36.5 Å². The number of aromatic carboxylic acids is 1. The van der Waals surface area contributed by atoms with Gasteiger partial charge in [0.25, 0.3) is 0 Å². The summed E-state index contributed by atoms with van der Waals surface area (Å²) in [7, 11) is 1.55. The third kappa shape index (κ3) is 2.43. The van der Waals surface area contributed by atoms with Crippen molar-refractivity contribution >= 4 is 17.6 Å². The molecule has 5 heteroatoms. The first-order valence-corrected chi connectivity index (χ1v) is 5.53. The number of nitrogens with zero attached hydrogens (tertiary/aromatic N) is 1. The normalized spacial score (nSPS) is 10.1. The lowest BCUT2D eigenvalue weighted by molar-refractivity contribution is 0.0696. The Morgan fingerprint density at radius 1 is 1.33 bits per heavy atom. The molecule has 0 unspecified atom stereocenters. The van der Waals surface area contributed by atoms with Crippen molar-refractivity contribution in [2.24, 2.45) is 0 Å². The van der Waals surface area contributed by atoms with Crippen LogP contribution in [0.3, 0.4) is 0 Å². The van der Waals surface area contributed by atoms with E-state index in [1.807, 2.05) is 0 Å². The molecule has 2 rings (SSSR count). The van der Waals surface area contributed by atoms with Crippen LogP contribution in [0.4, 0.5) is 0 Å². The van der Waals surface area contributed by atoms with E-state index in [2.05, 4.69) is 4.98 Å². The average Bonchev–Trinajstić information content (AvgIpc) is 2.39. The number of carboxylic acid groups (broad SMARTS) is 1. The fourth-order valence-electron chi connectivity index (χ4n) is 1.56. The lowest BCUT2D eigenvalue weighted by atomic mass is 10.1. The third-order valence-corrected chi connectivity index (χ3v) is 2.68. The molecule has 4 nitrogen and oxygen atoms in total. The topological polar surface area (TPSA) is 59.4 Å². The van der Waals surface area contributed by atoms with Crippen molar-refractivity contribution in [1.82, 2.24) is 4.98 Å². The zero-order chi connectivity index (χ0) is 13.1. The van der Waals surface area contributed by atoms with Crippen molar-refractivity contribution in [2.75, 3.05) is 7.11 Å². The maximum atomic E-state index is 10.7. The number of carboxylic acids is 1. The molecule has 1 aromatic carbocycles. The molecule has 0 saturated carbocycles. The van der Waals surface area contributed by atoms with E-state index in [4.69, 9.17) is 21.4 Å². The van der Waals surface area contributed by atoms with E-state index >= 15 is 0 Å². The monoisotopic (exact) mass is 263 g/mol. The third-order valence-electron chi connectivity index (χ3n) is 2.45. The van der Waals surface area contributed by atoms with Gasteiger partial charge in [-0.3, -0.25) is 4.98 Å². The predicted octanol–water partition coefficient (Wildman–Crippen LogP) is 3.11. The molecule has 92 valence electrons. The molecular formula is C13H10ClNO3. The first kappa shape index (κ1) is 12.4. The molecule has 0 atom stereocenters. The summed E-state index contributed by atoms with van der Waals surface area (Å²) in [5.74, 6) is -0.373. The van der Waals surface area contributed by atoms with E-state index < -0.39 is 5.97 Å². The van der Waals surface area contributed by atoms with Crippen molar-refractivity contribution in [3.63, 3.8) is 0 Å². The Balaban J connectivity index is 2.48. The van der Waals surface area contributed by atoms with Crippen molar-refractivity contribution in [2.45, 2.75) is 0 Å². The molecule has 18 heavy (non-hydrogen) atoms. The Bertz CT molecular complexity index is 581. The molecule has 1 aromatic heterocycles. The Labute approximate surface area is 109 Å². The average molecular weight is 264 g/mol. The summed E-state index contributed by atoms with van der Waals surface area (Å²) in [5, 5.41) is 9.37. The largest absolute Gasteiger partial charge is 0.496 e. The van der Waals surface area contributed by atoms with Crippen LogP contribution in [-0.4, -0.2) is 23.2 Å². The lowest BCUT2D eigenvalue weighted by Gasteiger charge is -2.08. The molecule has 0 bridgehead atoms. The molecule has 0 aliphatic carbocycles. The van der Waals surface area contributed by atoms with Crippen molar-refractivity contribution < 1.29 is 14.6 Å². The highest BCUT2D eigenvalue weighted by atomic mass is 35.5. The second-order valence-corrected chi connectivity index (χ2v) is 4.02. The first-order chi connectivity index (χ1) is 8.61. The number of rotatable bonds is 3. The van der Waals surface area contributed by atoms with Crippen LogP contribution in [0.5, 0.6) is 5.75 Å². The highest BCUT2D eigenvalue weighted by molar-refractivity contribution is 6.30. The van der Waals surface area contributed by atoms with Gasteiger partial charge in [0.1, 0.15) is 5.75 Å². The zero-order valence-electron chi connectivity index (χ0n) is 9.55. The van der Waals surface area contributed by atoms with Gasteiger partial charge in [-0.2, -0.15) is 0 Å². The summed E-state index contributed by atoms with van der Waals surface area (Å²) in [4.78, 5) is 14.8. The summed E-state index contributed by atoms with van der Waals surface area (Å²) in [5.41, 5.74) is 1.47. The minimum atomic E-state index is -1.01. The second kappa shape index (κ2) is 5.06. The molecule has 0 aliphatic rings. The quantitative estimate of drug-likeness (QED) is 0.924. The van der Waals surface area contributed by atoms with Gasteiger partial charge in [-0.05, 0) is 30.3 Å². The number of halogens is 1. The molecule has 0 saturated heterocycles. The number of hydrogen-bond acceptors (Lipinski definition) is 3. The minimum Gasteiger partial charge on any atom is -0.496 e. The number of hydrogen-bond donors (Lipinski definition) is 1. The Morgan fingerprint density at radius 2 is 2.11 bits per heavy atom. The van der Waals surface area contributed by atoms with Gasteiger partial charge >= 0.3 is 5.97 Å². The van der Waals surface area contributed by atoms with Gasteiger partial charge in [0.05, 0.1) is 18.4 Å². The van der Waals surface area contributed by atoms with Crippen LogP contribution >= 0.6 is 11.6 Å². The maximum Gasteiger partial charge on any atom is 0.337 e. The Kier molecular flexibility index (Phi) is 3.48. The number of methoxy groups -OCH3 is 1. The van der Waals surface area contributed by atoms with Gasteiger partial charge in [0.15, 0.2) is 0 Å². The smallest absolute Gasteiger partial charge is 0.337 e. The maximum absolute atomic E-state index is 10.7. The first-order valence-electron chi connectivity index (χ1n) is 5.15. The lowest BCUT2D eigenvalue weighted by Crippen LogP contribution is -1.97. The highest BCUT2D eigenvalue weighted by Gasteiger charge is 2.09. The van der Waals surface area contributed by atoms with Gasteiger partial charge in [0.2, 0.25) is 0 Å². The van der Waals surface area contributed by atoms with Crippen LogP contribution in [0, 0.1) is 0 Å². The van der Waals surface area contributed by atoms with Gasteiger partial charge in [0, 0.05) is 16.8 Å². The standard InChI is InChI=1S/C13H10ClNO3/c1-18-12-5-3-9(14)6-10(12)11-4-2-8(7-15-11)13(16)17/h2-7H,1H3,(H,16,17). The van der Waals surface area contributed by atoms with Gasteiger partial charge in [-0.15, -0.1) is 0 Å². The summed E-state index contributed by atoms with van der Waals surface area (Å²) in [6, 6.07) is 8.30. The van der Waals surface area contributed by atoms with Crippen LogP contribution < -0.4 is 4.74 Å². The number of ether oxygens (including phenoxy) is 1. The van der Waals surface area contributed by atoms with E-state index in [1.165, 1.54) is 12.3 Å². The molecule has 0 fully saturated rings. The van der Waals surface area contributed by atoms with Crippen molar-refractivity contribution in [1.29, 1.82) is 0 Å². The number of pyridine rings is 1. The molecule has 1 N–H and O–H groups in total. The minimum absolute atomic E-state index is 0.139. The van der Waals surface area contributed by atoms with Crippen LogP contribution in [0.1, 0.15) is 10.4 Å². The summed E-state index contributed by atoms with van der Waals surface area (Å²) < 4.78 is 5.22. The van der Waals surface area contributed by atoms with Gasteiger partial charge < -0.3 is 9.84 Å². The van der Waals surface area contributed by atoms with E-state index in [0.717, 1.165) is 5.56 Å². The Hall–Kier alpha value is -2.07. The fraction of sp³-hybridized carbons (Fsp3) is 0.0769. The second-order valence-electron chi connectivity index (χ2n) is 3.58. The molecule has 0 spiro atoms. The molecule has 0 amide bonds. The molecule has 1 heterocycles. The molecule has 0 radical (unpaired) electrons. The van der Waals surface area contributed by atoms with Gasteiger partial charge in [-0.25, -0.2) is 4.79 Å².